The molecule has 0 unspecified atom stereocenters. The Labute approximate surface area is 217 Å². The van der Waals surface area contributed by atoms with Crippen molar-refractivity contribution in [3.63, 3.8) is 0 Å². The molecule has 2 amide bonds. The summed E-state index contributed by atoms with van der Waals surface area (Å²) in [6.07, 6.45) is 3.15. The van der Waals surface area contributed by atoms with Crippen molar-refractivity contribution in [1.29, 1.82) is 0 Å². The lowest BCUT2D eigenvalue weighted by Gasteiger charge is -2.34. The largest absolute Gasteiger partial charge is 0.496 e. The van der Waals surface area contributed by atoms with Crippen molar-refractivity contribution in [3.8, 4) is 5.75 Å². The van der Waals surface area contributed by atoms with Crippen LogP contribution in [0, 0.1) is 5.82 Å². The van der Waals surface area contributed by atoms with Crippen molar-refractivity contribution < 1.29 is 18.7 Å². The lowest BCUT2D eigenvalue weighted by molar-refractivity contribution is 0.0527. The summed E-state index contributed by atoms with van der Waals surface area (Å²) in [7, 11) is 1.52. The molecule has 0 spiro atoms. The van der Waals surface area contributed by atoms with Gasteiger partial charge in [-0.05, 0) is 48.3 Å². The molecule has 0 radical (unpaired) electrons. The van der Waals surface area contributed by atoms with Crippen molar-refractivity contribution in [2.24, 2.45) is 0 Å². The number of amides is 2. The number of fused-ring (bicyclic) bond motifs is 1. The van der Waals surface area contributed by atoms with Crippen LogP contribution in [0.4, 0.5) is 10.1 Å². The number of halogens is 1. The van der Waals surface area contributed by atoms with Gasteiger partial charge in [0.15, 0.2) is 11.5 Å². The fraction of sp³-hybridized carbons (Fsp3) is 0.185. The Morgan fingerprint density at radius 3 is 2.38 bits per heavy atom. The van der Waals surface area contributed by atoms with Crippen LogP contribution >= 0.6 is 11.9 Å². The maximum Gasteiger partial charge on any atom is 0.275 e. The molecule has 0 atom stereocenters. The highest BCUT2D eigenvalue weighted by atomic mass is 32.2. The van der Waals surface area contributed by atoms with Crippen LogP contribution in [0.25, 0.3) is 10.9 Å². The standard InChI is InChI=1S/C27H24FN5O3S/c1-36-22-17-19(31-37-23-8-2-5-18-6-3-11-29-24(18)23)9-10-20(22)26(34)32-13-15-33(16-14-32)27(35)25-21(28)7-4-12-30-25/h2-12,17,31H,13-16H2,1H3. The maximum absolute atomic E-state index is 14.0. The second kappa shape index (κ2) is 10.8. The van der Waals surface area contributed by atoms with Gasteiger partial charge in [0.1, 0.15) is 5.75 Å². The molecule has 5 rings (SSSR count). The van der Waals surface area contributed by atoms with Gasteiger partial charge < -0.3 is 19.3 Å². The van der Waals surface area contributed by atoms with Gasteiger partial charge in [0.25, 0.3) is 11.8 Å². The number of ether oxygens (including phenoxy) is 1. The molecular formula is C27H24FN5O3S. The first-order chi connectivity index (χ1) is 18.0. The van der Waals surface area contributed by atoms with E-state index >= 15 is 0 Å². The second-order valence-electron chi connectivity index (χ2n) is 8.37. The molecule has 2 aromatic heterocycles. The highest BCUT2D eigenvalue weighted by Crippen LogP contribution is 2.31. The van der Waals surface area contributed by atoms with E-state index in [0.29, 0.717) is 24.4 Å². The minimum absolute atomic E-state index is 0.189. The Morgan fingerprint density at radius 2 is 1.62 bits per heavy atom. The average molecular weight is 518 g/mol. The number of aromatic nitrogens is 2. The number of nitrogens with one attached hydrogen (secondary N) is 1. The SMILES string of the molecule is COc1cc(NSc2cccc3cccnc23)ccc1C(=O)N1CCN(C(=O)c2ncccc2F)CC1. The first-order valence-electron chi connectivity index (χ1n) is 11.7. The van der Waals surface area contributed by atoms with E-state index in [4.69, 9.17) is 4.74 Å². The number of piperazine rings is 1. The molecule has 37 heavy (non-hydrogen) atoms. The molecule has 0 saturated carbocycles. The number of methoxy groups -OCH3 is 1. The molecule has 4 aromatic rings. The van der Waals surface area contributed by atoms with E-state index in [1.807, 2.05) is 36.4 Å². The van der Waals surface area contributed by atoms with E-state index in [0.717, 1.165) is 21.5 Å². The summed E-state index contributed by atoms with van der Waals surface area (Å²) in [5.41, 5.74) is 1.91. The molecule has 0 aliphatic carbocycles. The lowest BCUT2D eigenvalue weighted by Crippen LogP contribution is -2.50. The van der Waals surface area contributed by atoms with Gasteiger partial charge >= 0.3 is 0 Å². The third-order valence-corrected chi connectivity index (χ3v) is 7.01. The molecule has 1 N–H and O–H groups in total. The number of carbonyl (C=O) groups is 2. The van der Waals surface area contributed by atoms with E-state index < -0.39 is 11.7 Å². The zero-order valence-electron chi connectivity index (χ0n) is 20.1. The van der Waals surface area contributed by atoms with Crippen LogP contribution in [0.2, 0.25) is 0 Å². The smallest absolute Gasteiger partial charge is 0.275 e. The quantitative estimate of drug-likeness (QED) is 0.377. The molecule has 3 heterocycles. The zero-order valence-corrected chi connectivity index (χ0v) is 20.9. The molecule has 8 nitrogen and oxygen atoms in total. The predicted molar refractivity (Wildman–Crippen MR) is 140 cm³/mol. The molecule has 1 aliphatic heterocycles. The van der Waals surface area contributed by atoms with Gasteiger partial charge in [-0.15, -0.1) is 0 Å². The normalized spacial score (nSPS) is 13.5. The van der Waals surface area contributed by atoms with E-state index in [1.54, 1.807) is 23.2 Å². The third kappa shape index (κ3) is 5.19. The molecule has 0 bridgehead atoms. The number of pyridine rings is 2. The summed E-state index contributed by atoms with van der Waals surface area (Å²) in [4.78, 5) is 38.4. The van der Waals surface area contributed by atoms with Crippen LogP contribution in [-0.4, -0.2) is 64.9 Å². The fourth-order valence-corrected chi connectivity index (χ4v) is 4.95. The Balaban J connectivity index is 1.24. The Hall–Kier alpha value is -4.18. The molecule has 1 saturated heterocycles. The summed E-state index contributed by atoms with van der Waals surface area (Å²) in [5, 5.41) is 1.06. The second-order valence-corrected chi connectivity index (χ2v) is 9.22. The highest BCUT2D eigenvalue weighted by molar-refractivity contribution is 8.00. The fourth-order valence-electron chi connectivity index (χ4n) is 4.18. The van der Waals surface area contributed by atoms with E-state index in [9.17, 15) is 14.0 Å². The van der Waals surface area contributed by atoms with Gasteiger partial charge in [0, 0.05) is 55.7 Å². The van der Waals surface area contributed by atoms with Gasteiger partial charge in [-0.3, -0.25) is 14.6 Å². The van der Waals surface area contributed by atoms with Gasteiger partial charge in [-0.25, -0.2) is 9.37 Å². The lowest BCUT2D eigenvalue weighted by atomic mass is 10.1. The number of carbonyl (C=O) groups excluding carboxylic acids is 2. The van der Waals surface area contributed by atoms with Gasteiger partial charge in [0.05, 0.1) is 23.1 Å². The predicted octanol–water partition coefficient (Wildman–Crippen LogP) is 4.49. The number of rotatable bonds is 6. The molecule has 1 aliphatic rings. The number of benzene rings is 2. The summed E-state index contributed by atoms with van der Waals surface area (Å²) in [5.74, 6) is -0.873. The number of hydrogen-bond acceptors (Lipinski definition) is 7. The van der Waals surface area contributed by atoms with Crippen LogP contribution in [0.5, 0.6) is 5.75 Å². The van der Waals surface area contributed by atoms with Crippen molar-refractivity contribution in [2.75, 3.05) is 38.0 Å². The Bertz CT molecular complexity index is 1450. The summed E-state index contributed by atoms with van der Waals surface area (Å²) in [6.45, 7) is 1.23. The first kappa shape index (κ1) is 24.5. The van der Waals surface area contributed by atoms with Crippen molar-refractivity contribution in [2.45, 2.75) is 4.90 Å². The first-order valence-corrected chi connectivity index (χ1v) is 12.5. The molecule has 1 fully saturated rings. The summed E-state index contributed by atoms with van der Waals surface area (Å²) >= 11 is 1.43. The average Bonchev–Trinajstić information content (AvgIpc) is 2.95. The van der Waals surface area contributed by atoms with Crippen LogP contribution in [0.1, 0.15) is 20.8 Å². The number of nitrogens with zero attached hydrogens (tertiary/aromatic N) is 4. The van der Waals surface area contributed by atoms with Crippen LogP contribution in [0.15, 0.2) is 78.0 Å². The van der Waals surface area contributed by atoms with Crippen LogP contribution in [0.3, 0.4) is 0 Å². The number of para-hydroxylation sites is 1. The minimum atomic E-state index is -0.653. The molecular weight excluding hydrogens is 493 g/mol. The number of hydrogen-bond donors (Lipinski definition) is 1. The van der Waals surface area contributed by atoms with E-state index in [-0.39, 0.29) is 24.7 Å². The van der Waals surface area contributed by atoms with Gasteiger partial charge in [0.2, 0.25) is 0 Å². The molecule has 188 valence electrons. The van der Waals surface area contributed by atoms with Crippen LogP contribution < -0.4 is 9.46 Å². The van der Waals surface area contributed by atoms with E-state index in [1.165, 1.54) is 42.3 Å². The minimum Gasteiger partial charge on any atom is -0.496 e. The molecule has 10 heteroatoms. The topological polar surface area (TPSA) is 87.7 Å². The van der Waals surface area contributed by atoms with E-state index in [2.05, 4.69) is 14.7 Å². The van der Waals surface area contributed by atoms with Crippen molar-refractivity contribution >= 4 is 40.4 Å². The third-order valence-electron chi connectivity index (χ3n) is 6.12. The highest BCUT2D eigenvalue weighted by Gasteiger charge is 2.28. The Morgan fingerprint density at radius 1 is 0.919 bits per heavy atom. The van der Waals surface area contributed by atoms with Crippen LogP contribution in [-0.2, 0) is 0 Å². The zero-order chi connectivity index (χ0) is 25.8. The maximum atomic E-state index is 14.0. The van der Waals surface area contributed by atoms with Crippen molar-refractivity contribution in [1.82, 2.24) is 19.8 Å². The Kier molecular flexibility index (Phi) is 7.18. The number of anilines is 1. The summed E-state index contributed by atoms with van der Waals surface area (Å²) in [6, 6.07) is 17.9. The summed E-state index contributed by atoms with van der Waals surface area (Å²) < 4.78 is 22.8. The van der Waals surface area contributed by atoms with Crippen molar-refractivity contribution in [3.05, 3.63) is 90.1 Å². The monoisotopic (exact) mass is 517 g/mol. The van der Waals surface area contributed by atoms with Gasteiger partial charge in [-0.1, -0.05) is 18.2 Å². The molecule has 2 aromatic carbocycles. The van der Waals surface area contributed by atoms with Gasteiger partial charge in [-0.2, -0.15) is 0 Å².